The molecule has 134 valence electrons. The second kappa shape index (κ2) is 6.43. The average molecular weight is 365 g/mol. The quantitative estimate of drug-likeness (QED) is 0.596. The number of nitro benzene ring substituents is 1. The third-order valence-corrected chi connectivity index (χ3v) is 5.56. The smallest absolute Gasteiger partial charge is 0.293 e. The highest BCUT2D eigenvalue weighted by molar-refractivity contribution is 7.90. The van der Waals surface area contributed by atoms with Gasteiger partial charge in [0.15, 0.2) is 9.84 Å². The van der Waals surface area contributed by atoms with E-state index in [9.17, 15) is 18.5 Å². The Morgan fingerprint density at radius 2 is 2.12 bits per heavy atom. The Kier molecular flexibility index (Phi) is 4.46. The van der Waals surface area contributed by atoms with Crippen LogP contribution in [-0.4, -0.2) is 47.5 Å². The predicted molar refractivity (Wildman–Crippen MR) is 91.4 cm³/mol. The molecule has 0 radical (unpaired) electrons. The summed E-state index contributed by atoms with van der Waals surface area (Å²) in [5.41, 5.74) is 0.241. The summed E-state index contributed by atoms with van der Waals surface area (Å²) in [6.07, 6.45) is 4.47. The van der Waals surface area contributed by atoms with Gasteiger partial charge in [-0.05, 0) is 25.0 Å². The highest BCUT2D eigenvalue weighted by Gasteiger charge is 2.29. The summed E-state index contributed by atoms with van der Waals surface area (Å²) in [5.74, 6) is 0.968. The number of rotatable bonds is 4. The van der Waals surface area contributed by atoms with Crippen molar-refractivity contribution in [2.45, 2.75) is 23.7 Å². The Hall–Kier alpha value is -2.49. The SMILES string of the molecule is Cn1cnnc1C1CCCN(c2ccc(S(C)(=O)=O)cc2[N+](=O)[O-])C1. The first-order chi connectivity index (χ1) is 11.8. The minimum absolute atomic E-state index is 0.0511. The molecule has 1 fully saturated rings. The Bertz CT molecular complexity index is 908. The molecule has 1 aromatic carbocycles. The fraction of sp³-hybridized carbons (Fsp3) is 0.467. The molecule has 0 aliphatic carbocycles. The monoisotopic (exact) mass is 365 g/mol. The lowest BCUT2D eigenvalue weighted by molar-refractivity contribution is -0.384. The van der Waals surface area contributed by atoms with Gasteiger partial charge >= 0.3 is 0 Å². The summed E-state index contributed by atoms with van der Waals surface area (Å²) < 4.78 is 25.2. The molecule has 0 bridgehead atoms. The summed E-state index contributed by atoms with van der Waals surface area (Å²) in [4.78, 5) is 12.8. The van der Waals surface area contributed by atoms with Crippen LogP contribution in [0.5, 0.6) is 0 Å². The molecule has 0 N–H and O–H groups in total. The number of nitrogens with zero attached hydrogens (tertiary/aromatic N) is 5. The van der Waals surface area contributed by atoms with Crippen molar-refractivity contribution in [3.05, 3.63) is 40.5 Å². The maximum absolute atomic E-state index is 11.7. The molecule has 1 aliphatic heterocycles. The van der Waals surface area contributed by atoms with Crippen LogP contribution in [0.15, 0.2) is 29.4 Å². The molecule has 0 amide bonds. The van der Waals surface area contributed by atoms with Crippen molar-refractivity contribution in [2.24, 2.45) is 7.05 Å². The minimum Gasteiger partial charge on any atom is -0.365 e. The Balaban J connectivity index is 1.95. The zero-order chi connectivity index (χ0) is 18.2. The Labute approximate surface area is 145 Å². The first kappa shape index (κ1) is 17.3. The van der Waals surface area contributed by atoms with E-state index in [0.717, 1.165) is 31.0 Å². The maximum Gasteiger partial charge on any atom is 0.293 e. The van der Waals surface area contributed by atoms with Crippen molar-refractivity contribution in [1.82, 2.24) is 14.8 Å². The normalized spacial score (nSPS) is 18.3. The van der Waals surface area contributed by atoms with Crippen molar-refractivity contribution in [2.75, 3.05) is 24.2 Å². The lowest BCUT2D eigenvalue weighted by Crippen LogP contribution is -2.35. The molecule has 1 saturated heterocycles. The molecule has 1 atom stereocenters. The van der Waals surface area contributed by atoms with Gasteiger partial charge in [-0.25, -0.2) is 8.42 Å². The number of benzene rings is 1. The van der Waals surface area contributed by atoms with Crippen molar-refractivity contribution >= 4 is 21.2 Å². The van der Waals surface area contributed by atoms with E-state index in [-0.39, 0.29) is 16.5 Å². The van der Waals surface area contributed by atoms with Crippen LogP contribution < -0.4 is 4.90 Å². The van der Waals surface area contributed by atoms with Crippen molar-refractivity contribution in [3.63, 3.8) is 0 Å². The molecule has 10 heteroatoms. The summed E-state index contributed by atoms with van der Waals surface area (Å²) >= 11 is 0. The average Bonchev–Trinajstić information content (AvgIpc) is 2.99. The summed E-state index contributed by atoms with van der Waals surface area (Å²) in [5, 5.41) is 19.5. The van der Waals surface area contributed by atoms with Crippen LogP contribution in [0.4, 0.5) is 11.4 Å². The second-order valence-electron chi connectivity index (χ2n) is 6.27. The molecule has 25 heavy (non-hydrogen) atoms. The van der Waals surface area contributed by atoms with Gasteiger partial charge in [0.2, 0.25) is 0 Å². The van der Waals surface area contributed by atoms with Gasteiger partial charge in [-0.3, -0.25) is 10.1 Å². The molecule has 2 aromatic rings. The molecular formula is C15H19N5O4S. The van der Waals surface area contributed by atoms with Crippen LogP contribution in [0.25, 0.3) is 0 Å². The number of piperidine rings is 1. The van der Waals surface area contributed by atoms with Crippen molar-refractivity contribution in [1.29, 1.82) is 0 Å². The van der Waals surface area contributed by atoms with Gasteiger partial charge in [-0.1, -0.05) is 0 Å². The Morgan fingerprint density at radius 3 is 2.72 bits per heavy atom. The number of aryl methyl sites for hydroxylation is 1. The number of nitro groups is 1. The molecule has 9 nitrogen and oxygen atoms in total. The third-order valence-electron chi connectivity index (χ3n) is 4.45. The predicted octanol–water partition coefficient (Wildman–Crippen LogP) is 1.51. The zero-order valence-corrected chi connectivity index (χ0v) is 14.8. The zero-order valence-electron chi connectivity index (χ0n) is 14.0. The summed E-state index contributed by atoms with van der Waals surface area (Å²) in [6, 6.07) is 4.08. The number of aromatic nitrogens is 3. The van der Waals surface area contributed by atoms with E-state index < -0.39 is 14.8 Å². The van der Waals surface area contributed by atoms with Crippen LogP contribution in [-0.2, 0) is 16.9 Å². The van der Waals surface area contributed by atoms with Gasteiger partial charge in [0.25, 0.3) is 5.69 Å². The maximum atomic E-state index is 11.7. The van der Waals surface area contributed by atoms with Gasteiger partial charge in [0.05, 0.1) is 9.82 Å². The standard InChI is InChI=1S/C15H19N5O4S/c1-18-10-16-17-15(18)11-4-3-7-19(9-11)13-6-5-12(25(2,23)24)8-14(13)20(21)22/h5-6,8,10-11H,3-4,7,9H2,1-2H3. The second-order valence-corrected chi connectivity index (χ2v) is 8.28. The number of hydrogen-bond acceptors (Lipinski definition) is 7. The van der Waals surface area contributed by atoms with Crippen molar-refractivity contribution < 1.29 is 13.3 Å². The van der Waals surface area contributed by atoms with Gasteiger partial charge in [0.1, 0.15) is 17.8 Å². The van der Waals surface area contributed by atoms with Gasteiger partial charge in [-0.15, -0.1) is 10.2 Å². The van der Waals surface area contributed by atoms with Crippen LogP contribution in [0.1, 0.15) is 24.6 Å². The molecule has 1 aliphatic rings. The first-order valence-corrected chi connectivity index (χ1v) is 9.74. The molecule has 1 unspecified atom stereocenters. The van der Waals surface area contributed by atoms with E-state index in [2.05, 4.69) is 10.2 Å². The minimum atomic E-state index is -3.50. The van der Waals surface area contributed by atoms with Crippen LogP contribution in [0.3, 0.4) is 0 Å². The van der Waals surface area contributed by atoms with Gasteiger partial charge in [-0.2, -0.15) is 0 Å². The molecule has 0 saturated carbocycles. The molecule has 2 heterocycles. The molecular weight excluding hydrogens is 346 g/mol. The van der Waals surface area contributed by atoms with Crippen LogP contribution in [0.2, 0.25) is 0 Å². The van der Waals surface area contributed by atoms with E-state index in [0.29, 0.717) is 18.8 Å². The van der Waals surface area contributed by atoms with E-state index in [4.69, 9.17) is 0 Å². The van der Waals surface area contributed by atoms with Crippen LogP contribution >= 0.6 is 0 Å². The van der Waals surface area contributed by atoms with Crippen LogP contribution in [0, 0.1) is 10.1 Å². The Morgan fingerprint density at radius 1 is 1.36 bits per heavy atom. The summed E-state index contributed by atoms with van der Waals surface area (Å²) in [7, 11) is -1.63. The number of sulfone groups is 1. The summed E-state index contributed by atoms with van der Waals surface area (Å²) in [6.45, 7) is 1.25. The van der Waals surface area contributed by atoms with E-state index in [1.807, 2.05) is 16.5 Å². The van der Waals surface area contributed by atoms with Gasteiger partial charge < -0.3 is 9.47 Å². The molecule has 3 rings (SSSR count). The van der Waals surface area contributed by atoms with E-state index in [1.165, 1.54) is 12.1 Å². The van der Waals surface area contributed by atoms with E-state index >= 15 is 0 Å². The first-order valence-electron chi connectivity index (χ1n) is 7.84. The molecule has 0 spiro atoms. The fourth-order valence-corrected chi connectivity index (χ4v) is 3.86. The lowest BCUT2D eigenvalue weighted by atomic mass is 9.96. The number of anilines is 1. The largest absolute Gasteiger partial charge is 0.365 e. The van der Waals surface area contributed by atoms with Crippen molar-refractivity contribution in [3.8, 4) is 0 Å². The fourth-order valence-electron chi connectivity index (χ4n) is 3.22. The van der Waals surface area contributed by atoms with E-state index in [1.54, 1.807) is 6.33 Å². The molecule has 1 aromatic heterocycles. The number of hydrogen-bond donors (Lipinski definition) is 0. The highest BCUT2D eigenvalue weighted by Crippen LogP contribution is 2.35. The lowest BCUT2D eigenvalue weighted by Gasteiger charge is -2.33. The highest BCUT2D eigenvalue weighted by atomic mass is 32.2. The third kappa shape index (κ3) is 3.48. The topological polar surface area (TPSA) is 111 Å². The van der Waals surface area contributed by atoms with Gasteiger partial charge in [0, 0.05) is 38.4 Å².